The van der Waals surface area contributed by atoms with Gasteiger partial charge in [0.05, 0.1) is 5.25 Å². The lowest BCUT2D eigenvalue weighted by molar-refractivity contribution is -0.120. The normalized spacial score (nSPS) is 16.4. The second-order valence-electron chi connectivity index (χ2n) is 5.85. The summed E-state index contributed by atoms with van der Waals surface area (Å²) in [5.74, 6) is -0.0336. The summed E-state index contributed by atoms with van der Waals surface area (Å²) in [6.45, 7) is 9.11. The molecule has 0 bridgehead atoms. The summed E-state index contributed by atoms with van der Waals surface area (Å²) >= 11 is 1.52. The molecule has 1 aromatic carbocycles. The van der Waals surface area contributed by atoms with Crippen molar-refractivity contribution in [2.45, 2.75) is 24.0 Å². The van der Waals surface area contributed by atoms with E-state index < -0.39 is 0 Å². The summed E-state index contributed by atoms with van der Waals surface area (Å²) in [6.07, 6.45) is 0. The number of hydrogen-bond acceptors (Lipinski definition) is 5. The topological polar surface area (TPSA) is 73.5 Å². The van der Waals surface area contributed by atoms with E-state index in [-0.39, 0.29) is 17.1 Å². The maximum atomic E-state index is 12.2. The molecule has 0 radical (unpaired) electrons. The number of nitrogens with one attached hydrogen (secondary N) is 3. The average molecular weight is 350 g/mol. The lowest BCUT2D eigenvalue weighted by Crippen LogP contribution is -2.46. The van der Waals surface area contributed by atoms with Crippen molar-refractivity contribution < 1.29 is 9.59 Å². The minimum Gasteiger partial charge on any atom is -0.354 e. The molecule has 1 aliphatic rings. The number of anilines is 1. The smallest absolute Gasteiger partial charge is 0.233 e. The lowest BCUT2D eigenvalue weighted by atomic mass is 10.3. The zero-order valence-electron chi connectivity index (χ0n) is 14.3. The van der Waals surface area contributed by atoms with Crippen LogP contribution >= 0.6 is 11.8 Å². The number of rotatable bonds is 7. The largest absolute Gasteiger partial charge is 0.354 e. The molecule has 1 fully saturated rings. The quantitative estimate of drug-likeness (QED) is 0.643. The Kier molecular flexibility index (Phi) is 7.55. The van der Waals surface area contributed by atoms with Crippen LogP contribution in [0, 0.1) is 0 Å². The van der Waals surface area contributed by atoms with Crippen LogP contribution in [0.25, 0.3) is 0 Å². The summed E-state index contributed by atoms with van der Waals surface area (Å²) in [6, 6.07) is 7.53. The Bertz CT molecular complexity index is 544. The molecule has 24 heavy (non-hydrogen) atoms. The van der Waals surface area contributed by atoms with Crippen LogP contribution in [-0.4, -0.2) is 61.2 Å². The molecule has 1 aliphatic heterocycles. The first-order chi connectivity index (χ1) is 11.5. The molecule has 132 valence electrons. The Morgan fingerprint density at radius 2 is 1.92 bits per heavy atom. The summed E-state index contributed by atoms with van der Waals surface area (Å²) < 4.78 is 0. The fraction of sp³-hybridized carbons (Fsp3) is 0.529. The Morgan fingerprint density at radius 1 is 1.25 bits per heavy atom. The molecule has 1 unspecified atom stereocenters. The molecule has 0 saturated carbocycles. The van der Waals surface area contributed by atoms with E-state index in [2.05, 4.69) is 20.9 Å². The number of hydrogen-bond donors (Lipinski definition) is 3. The Balaban J connectivity index is 1.71. The van der Waals surface area contributed by atoms with Crippen molar-refractivity contribution in [2.24, 2.45) is 0 Å². The number of nitrogens with zero attached hydrogens (tertiary/aromatic N) is 1. The van der Waals surface area contributed by atoms with Crippen molar-refractivity contribution in [3.63, 3.8) is 0 Å². The van der Waals surface area contributed by atoms with E-state index in [9.17, 15) is 9.59 Å². The molecule has 1 heterocycles. The molecule has 7 heteroatoms. The van der Waals surface area contributed by atoms with Crippen LogP contribution in [0.4, 0.5) is 5.69 Å². The highest BCUT2D eigenvalue weighted by molar-refractivity contribution is 8.00. The molecule has 3 N–H and O–H groups in total. The molecule has 0 aliphatic carbocycles. The van der Waals surface area contributed by atoms with Crippen molar-refractivity contribution >= 4 is 29.3 Å². The summed E-state index contributed by atoms with van der Waals surface area (Å²) in [4.78, 5) is 26.6. The number of thioether (sulfide) groups is 1. The third kappa shape index (κ3) is 6.51. The number of piperazine rings is 1. The molecule has 1 aromatic rings. The van der Waals surface area contributed by atoms with Crippen molar-refractivity contribution in [3.05, 3.63) is 24.3 Å². The van der Waals surface area contributed by atoms with Gasteiger partial charge in [-0.1, -0.05) is 0 Å². The Labute approximate surface area is 147 Å². The van der Waals surface area contributed by atoms with Gasteiger partial charge in [0.15, 0.2) is 0 Å². The van der Waals surface area contributed by atoms with Gasteiger partial charge >= 0.3 is 0 Å². The van der Waals surface area contributed by atoms with Crippen LogP contribution in [0.3, 0.4) is 0 Å². The van der Waals surface area contributed by atoms with Gasteiger partial charge in [0.25, 0.3) is 0 Å². The third-order valence-electron chi connectivity index (χ3n) is 3.79. The molecule has 0 spiro atoms. The van der Waals surface area contributed by atoms with Crippen LogP contribution < -0.4 is 16.0 Å². The second kappa shape index (κ2) is 9.66. The van der Waals surface area contributed by atoms with E-state index in [1.54, 1.807) is 0 Å². The Morgan fingerprint density at radius 3 is 2.54 bits per heavy atom. The van der Waals surface area contributed by atoms with Crippen molar-refractivity contribution in [2.75, 3.05) is 44.6 Å². The fourth-order valence-corrected chi connectivity index (χ4v) is 3.39. The van der Waals surface area contributed by atoms with Gasteiger partial charge < -0.3 is 16.0 Å². The highest BCUT2D eigenvalue weighted by Gasteiger charge is 2.15. The van der Waals surface area contributed by atoms with Gasteiger partial charge in [-0.25, -0.2) is 0 Å². The summed E-state index contributed by atoms with van der Waals surface area (Å²) in [5, 5.41) is 8.90. The molecule has 2 rings (SSSR count). The van der Waals surface area contributed by atoms with Crippen molar-refractivity contribution in [1.82, 2.24) is 15.5 Å². The molecule has 6 nitrogen and oxygen atoms in total. The number of amides is 2. The van der Waals surface area contributed by atoms with Crippen LogP contribution in [0.5, 0.6) is 0 Å². The maximum Gasteiger partial charge on any atom is 0.233 e. The molecular weight excluding hydrogens is 324 g/mol. The molecule has 2 amide bonds. The first-order valence-electron chi connectivity index (χ1n) is 8.29. The monoisotopic (exact) mass is 350 g/mol. The maximum absolute atomic E-state index is 12.2. The van der Waals surface area contributed by atoms with Crippen molar-refractivity contribution in [3.8, 4) is 0 Å². The van der Waals surface area contributed by atoms with Gasteiger partial charge in [-0.2, -0.15) is 0 Å². The van der Waals surface area contributed by atoms with E-state index in [4.69, 9.17) is 0 Å². The van der Waals surface area contributed by atoms with Gasteiger partial charge in [-0.05, 0) is 31.2 Å². The summed E-state index contributed by atoms with van der Waals surface area (Å²) in [7, 11) is 0. The van der Waals surface area contributed by atoms with Gasteiger partial charge in [-0.3, -0.25) is 14.5 Å². The molecule has 1 saturated heterocycles. The number of carbonyl (C=O) groups excluding carboxylic acids is 2. The first kappa shape index (κ1) is 18.8. The van der Waals surface area contributed by atoms with Gasteiger partial charge in [-0.15, -0.1) is 11.8 Å². The van der Waals surface area contributed by atoms with Crippen LogP contribution in [0.1, 0.15) is 13.8 Å². The zero-order valence-corrected chi connectivity index (χ0v) is 15.1. The van der Waals surface area contributed by atoms with Crippen LogP contribution in [0.2, 0.25) is 0 Å². The number of carbonyl (C=O) groups is 2. The minimum atomic E-state index is -0.153. The SMILES string of the molecule is CC(=O)Nc1ccc(SC(C)C(=O)NCCN2CCNCC2)cc1. The van der Waals surface area contributed by atoms with Crippen LogP contribution in [-0.2, 0) is 9.59 Å². The molecule has 1 atom stereocenters. The van der Waals surface area contributed by atoms with Crippen LogP contribution in [0.15, 0.2) is 29.2 Å². The van der Waals surface area contributed by atoms with Gasteiger partial charge in [0.2, 0.25) is 11.8 Å². The highest BCUT2D eigenvalue weighted by atomic mass is 32.2. The van der Waals surface area contributed by atoms with E-state index in [1.165, 1.54) is 18.7 Å². The zero-order chi connectivity index (χ0) is 17.4. The molecule has 0 aromatic heterocycles. The number of benzene rings is 1. The lowest BCUT2D eigenvalue weighted by Gasteiger charge is -2.27. The summed E-state index contributed by atoms with van der Waals surface area (Å²) in [5.41, 5.74) is 0.764. The van der Waals surface area contributed by atoms with Gasteiger partial charge in [0.1, 0.15) is 0 Å². The second-order valence-corrected chi connectivity index (χ2v) is 7.26. The fourth-order valence-electron chi connectivity index (χ4n) is 2.49. The first-order valence-corrected chi connectivity index (χ1v) is 9.17. The molecular formula is C17H26N4O2S. The minimum absolute atomic E-state index is 0.0565. The van der Waals surface area contributed by atoms with E-state index >= 15 is 0 Å². The van der Waals surface area contributed by atoms with E-state index in [0.29, 0.717) is 6.54 Å². The average Bonchev–Trinajstić information content (AvgIpc) is 2.57. The standard InChI is InChI=1S/C17H26N4O2S/c1-13(17(23)19-9-12-21-10-7-18-8-11-21)24-16-5-3-15(4-6-16)20-14(2)22/h3-6,13,18H,7-12H2,1-2H3,(H,19,23)(H,20,22). The predicted molar refractivity (Wildman–Crippen MR) is 98.4 cm³/mol. The van der Waals surface area contributed by atoms with E-state index in [0.717, 1.165) is 43.3 Å². The Hall–Kier alpha value is -1.57. The predicted octanol–water partition coefficient (Wildman–Crippen LogP) is 1.15. The highest BCUT2D eigenvalue weighted by Crippen LogP contribution is 2.24. The van der Waals surface area contributed by atoms with E-state index in [1.807, 2.05) is 31.2 Å². The van der Waals surface area contributed by atoms with Crippen molar-refractivity contribution in [1.29, 1.82) is 0 Å². The van der Waals surface area contributed by atoms with Gasteiger partial charge in [0, 0.05) is 56.8 Å². The third-order valence-corrected chi connectivity index (χ3v) is 4.91.